The van der Waals surface area contributed by atoms with Gasteiger partial charge in [-0.2, -0.15) is 0 Å². The van der Waals surface area contributed by atoms with E-state index in [0.717, 1.165) is 44.9 Å². The fourth-order valence-corrected chi connectivity index (χ4v) is 14.0. The summed E-state index contributed by atoms with van der Waals surface area (Å²) >= 11 is 0. The summed E-state index contributed by atoms with van der Waals surface area (Å²) in [7, 11) is 0. The minimum absolute atomic E-state index is 0.242. The van der Waals surface area contributed by atoms with Gasteiger partial charge in [-0.25, -0.2) is 0 Å². The van der Waals surface area contributed by atoms with Crippen molar-refractivity contribution in [3.05, 3.63) is 60.8 Å². The van der Waals surface area contributed by atoms with Crippen LogP contribution in [-0.4, -0.2) is 140 Å². The third-order valence-electron chi connectivity index (χ3n) is 20.7. The molecule has 0 saturated carbocycles. The molecule has 2 aliphatic rings. The zero-order valence-electron chi connectivity index (χ0n) is 64.5. The van der Waals surface area contributed by atoms with E-state index >= 15 is 0 Å². The first-order chi connectivity index (χ1) is 49.1. The van der Waals surface area contributed by atoms with E-state index < -0.39 is 86.8 Å². The van der Waals surface area contributed by atoms with E-state index in [1.807, 2.05) is 6.08 Å². The quantitative estimate of drug-likeness (QED) is 0.0204. The maximum absolute atomic E-state index is 13.4. The SMILES string of the molecule is CCCCCCC/C=C\C/C=C\C/C=C\CCCCCCCCCCCCCCCCCCCCCCCCCCC(=O)NC(COC1OC(CO)C(OC2OC(CO)C(O)C(O)C2O)C(O)C1O)C(O)/C=C/CC/C=C/CCCCCCCCCCCCCCCCCCCCCCC. The van der Waals surface area contributed by atoms with Crippen molar-refractivity contribution in [2.75, 3.05) is 19.8 Å². The zero-order chi connectivity index (χ0) is 72.2. The molecule has 0 aliphatic carbocycles. The van der Waals surface area contributed by atoms with Gasteiger partial charge in [0.25, 0.3) is 0 Å². The van der Waals surface area contributed by atoms with Gasteiger partial charge in [0.1, 0.15) is 48.8 Å². The summed E-state index contributed by atoms with van der Waals surface area (Å²) < 4.78 is 22.9. The monoisotopic (exact) mass is 1410 g/mol. The molecule has 9 N–H and O–H groups in total. The topological polar surface area (TPSA) is 228 Å². The van der Waals surface area contributed by atoms with Crippen LogP contribution in [0.4, 0.5) is 0 Å². The largest absolute Gasteiger partial charge is 0.394 e. The summed E-state index contributed by atoms with van der Waals surface area (Å²) in [6.45, 7) is 2.83. The maximum atomic E-state index is 13.4. The molecular weight excluding hydrogens is 1250 g/mol. The second-order valence-electron chi connectivity index (χ2n) is 30.0. The lowest BCUT2D eigenvalue weighted by atomic mass is 9.97. The molecule has 2 aliphatic heterocycles. The number of aliphatic hydroxyl groups is 8. The van der Waals surface area contributed by atoms with Crippen molar-refractivity contribution in [3.63, 3.8) is 0 Å². The van der Waals surface area contributed by atoms with E-state index in [1.165, 1.54) is 308 Å². The first kappa shape index (κ1) is 93.8. The molecule has 1 amide bonds. The average Bonchev–Trinajstić information content (AvgIpc) is 0.796. The molecule has 586 valence electrons. The van der Waals surface area contributed by atoms with Crippen LogP contribution in [0.25, 0.3) is 0 Å². The number of amides is 1. The standard InChI is InChI=1S/C86H159NO13/c1-3-5-7-9-11-13-15-17-19-21-23-25-27-29-31-32-33-34-35-36-37-38-39-40-41-42-44-46-48-50-52-54-56-58-60-62-64-66-68-70-78(91)87-74(73-97-85-83(96)81(94)84(77(72-89)99-85)100-86-82(95)80(93)79(92)76(71-88)98-86)75(90)69-67-65-63-61-59-57-55-53-51-49-47-45-43-30-28-26-24-22-20-18-16-14-12-10-8-6-4-2/h15,17,21,23,27,29,59,61,67,69,74-77,79-86,88-90,92-96H,3-14,16,18-20,22,24-26,28,30-58,60,62-66,68,70-73H2,1-2H3,(H,87,91)/b17-15-,23-21-,29-27-,61-59+,69-67+. The molecular formula is C86H159NO13. The maximum Gasteiger partial charge on any atom is 0.220 e. The van der Waals surface area contributed by atoms with Crippen LogP contribution >= 0.6 is 0 Å². The molecule has 0 aromatic carbocycles. The highest BCUT2D eigenvalue weighted by Crippen LogP contribution is 2.30. The lowest BCUT2D eigenvalue weighted by molar-refractivity contribution is -0.359. The molecule has 0 aromatic heterocycles. The Morgan fingerprint density at radius 1 is 0.360 bits per heavy atom. The molecule has 2 rings (SSSR count). The highest BCUT2D eigenvalue weighted by Gasteiger charge is 2.51. The van der Waals surface area contributed by atoms with Crippen LogP contribution in [-0.2, 0) is 23.7 Å². The molecule has 0 radical (unpaired) electrons. The van der Waals surface area contributed by atoms with Crippen LogP contribution in [0.5, 0.6) is 0 Å². The van der Waals surface area contributed by atoms with Crippen LogP contribution in [0.3, 0.4) is 0 Å². The molecule has 2 heterocycles. The van der Waals surface area contributed by atoms with Gasteiger partial charge in [0.15, 0.2) is 12.6 Å². The first-order valence-electron chi connectivity index (χ1n) is 42.5. The number of ether oxygens (including phenoxy) is 4. The van der Waals surface area contributed by atoms with Gasteiger partial charge in [0.2, 0.25) is 5.91 Å². The highest BCUT2D eigenvalue weighted by atomic mass is 16.7. The lowest BCUT2D eigenvalue weighted by Gasteiger charge is -2.46. The van der Waals surface area contributed by atoms with Gasteiger partial charge in [-0.3, -0.25) is 4.79 Å². The van der Waals surface area contributed by atoms with Crippen molar-refractivity contribution >= 4 is 5.91 Å². The van der Waals surface area contributed by atoms with Crippen molar-refractivity contribution in [2.45, 2.75) is 460 Å². The predicted octanol–water partition coefficient (Wildman–Crippen LogP) is 19.9. The van der Waals surface area contributed by atoms with Crippen LogP contribution in [0.2, 0.25) is 0 Å². The molecule has 100 heavy (non-hydrogen) atoms. The van der Waals surface area contributed by atoms with Crippen LogP contribution in [0, 0.1) is 0 Å². The Morgan fingerprint density at radius 3 is 1.05 bits per heavy atom. The Bertz CT molecular complexity index is 1910. The number of hydrogen-bond acceptors (Lipinski definition) is 13. The number of hydrogen-bond donors (Lipinski definition) is 9. The Balaban J connectivity index is 1.58. The number of aliphatic hydroxyl groups excluding tert-OH is 8. The fourth-order valence-electron chi connectivity index (χ4n) is 14.0. The van der Waals surface area contributed by atoms with Crippen LogP contribution in [0.1, 0.15) is 386 Å². The molecule has 14 nitrogen and oxygen atoms in total. The number of nitrogens with one attached hydrogen (secondary N) is 1. The summed E-state index contributed by atoms with van der Waals surface area (Å²) in [5.41, 5.74) is 0. The Morgan fingerprint density at radius 2 is 0.670 bits per heavy atom. The molecule has 2 fully saturated rings. The number of rotatable bonds is 72. The van der Waals surface area contributed by atoms with Gasteiger partial charge in [-0.1, -0.05) is 370 Å². The van der Waals surface area contributed by atoms with E-state index in [4.69, 9.17) is 18.9 Å². The minimum Gasteiger partial charge on any atom is -0.394 e. The normalized spacial score (nSPS) is 22.1. The predicted molar refractivity (Wildman–Crippen MR) is 415 cm³/mol. The van der Waals surface area contributed by atoms with E-state index in [9.17, 15) is 45.6 Å². The molecule has 12 atom stereocenters. The lowest BCUT2D eigenvalue weighted by Crippen LogP contribution is -2.65. The van der Waals surface area contributed by atoms with Gasteiger partial charge in [0.05, 0.1) is 32.0 Å². The summed E-state index contributed by atoms with van der Waals surface area (Å²) in [6, 6.07) is -0.934. The average molecular weight is 1420 g/mol. The molecule has 0 aromatic rings. The van der Waals surface area contributed by atoms with E-state index in [2.05, 4.69) is 67.8 Å². The molecule has 0 bridgehead atoms. The summed E-state index contributed by atoms with van der Waals surface area (Å²) in [6.07, 6.45) is 79.0. The van der Waals surface area contributed by atoms with Gasteiger partial charge >= 0.3 is 0 Å². The number of carbonyl (C=O) groups is 1. The van der Waals surface area contributed by atoms with E-state index in [0.29, 0.717) is 12.8 Å². The minimum atomic E-state index is -1.79. The molecule has 12 unspecified atom stereocenters. The number of unbranched alkanes of at least 4 members (excludes halogenated alkanes) is 51. The van der Waals surface area contributed by atoms with Gasteiger partial charge in [0, 0.05) is 6.42 Å². The number of carbonyl (C=O) groups excluding carboxylic acids is 1. The Hall–Kier alpha value is -2.31. The third-order valence-corrected chi connectivity index (χ3v) is 20.7. The summed E-state index contributed by atoms with van der Waals surface area (Å²) in [5, 5.41) is 87.7. The van der Waals surface area contributed by atoms with Crippen molar-refractivity contribution in [3.8, 4) is 0 Å². The molecule has 14 heteroatoms. The first-order valence-corrected chi connectivity index (χ1v) is 42.5. The highest BCUT2D eigenvalue weighted by molar-refractivity contribution is 5.76. The second kappa shape index (κ2) is 69.7. The third kappa shape index (κ3) is 51.8. The van der Waals surface area contributed by atoms with Crippen LogP contribution < -0.4 is 5.32 Å². The van der Waals surface area contributed by atoms with E-state index in [-0.39, 0.29) is 18.9 Å². The van der Waals surface area contributed by atoms with Crippen LogP contribution in [0.15, 0.2) is 60.8 Å². The fraction of sp³-hybridized carbons (Fsp3) is 0.872. The summed E-state index contributed by atoms with van der Waals surface area (Å²) in [5.74, 6) is -0.242. The zero-order valence-corrected chi connectivity index (χ0v) is 64.5. The Kier molecular flexibility index (Phi) is 65.4. The molecule has 2 saturated heterocycles. The van der Waals surface area contributed by atoms with Crippen molar-refractivity contribution in [1.82, 2.24) is 5.32 Å². The second-order valence-corrected chi connectivity index (χ2v) is 30.0. The van der Waals surface area contributed by atoms with Crippen molar-refractivity contribution in [1.29, 1.82) is 0 Å². The van der Waals surface area contributed by atoms with E-state index in [1.54, 1.807) is 6.08 Å². The van der Waals surface area contributed by atoms with Gasteiger partial charge < -0.3 is 65.1 Å². The molecule has 0 spiro atoms. The van der Waals surface area contributed by atoms with Gasteiger partial charge in [-0.05, 0) is 70.6 Å². The Labute approximate surface area is 613 Å². The van der Waals surface area contributed by atoms with Crippen molar-refractivity contribution < 1.29 is 64.6 Å². The smallest absolute Gasteiger partial charge is 0.220 e. The van der Waals surface area contributed by atoms with Gasteiger partial charge in [-0.15, -0.1) is 0 Å². The summed E-state index contributed by atoms with van der Waals surface area (Å²) in [4.78, 5) is 13.4. The van der Waals surface area contributed by atoms with Crippen molar-refractivity contribution in [2.24, 2.45) is 0 Å². The number of allylic oxidation sites excluding steroid dienone is 9.